The molecular formula is C16H20ClN3O2. The largest absolute Gasteiger partial charge is 0.494 e. The minimum atomic E-state index is -0.0397. The lowest BCUT2D eigenvalue weighted by molar-refractivity contribution is -0.116. The molecule has 2 aromatic rings. The number of aromatic nitrogens is 2. The van der Waals surface area contributed by atoms with Crippen molar-refractivity contribution in [2.75, 3.05) is 11.9 Å². The lowest BCUT2D eigenvalue weighted by atomic mass is 10.3. The van der Waals surface area contributed by atoms with Gasteiger partial charge in [0.15, 0.2) is 0 Å². The molecule has 0 aliphatic carbocycles. The zero-order valence-corrected chi connectivity index (χ0v) is 13.5. The summed E-state index contributed by atoms with van der Waals surface area (Å²) in [6.45, 7) is 4.52. The van der Waals surface area contributed by atoms with Crippen molar-refractivity contribution in [2.45, 2.75) is 32.7 Å². The number of carbonyl (C=O) groups is 1. The van der Waals surface area contributed by atoms with Gasteiger partial charge in [-0.1, -0.05) is 11.6 Å². The van der Waals surface area contributed by atoms with Gasteiger partial charge >= 0.3 is 0 Å². The van der Waals surface area contributed by atoms with Crippen LogP contribution in [0.15, 0.2) is 36.5 Å². The summed E-state index contributed by atoms with van der Waals surface area (Å²) in [5, 5.41) is 7.72. The zero-order valence-electron chi connectivity index (χ0n) is 12.8. The van der Waals surface area contributed by atoms with Crippen molar-refractivity contribution >= 4 is 23.3 Å². The maximum absolute atomic E-state index is 11.9. The quantitative estimate of drug-likeness (QED) is 0.786. The molecule has 1 heterocycles. The van der Waals surface area contributed by atoms with Gasteiger partial charge in [0.1, 0.15) is 11.6 Å². The Bertz CT molecular complexity index is 608. The SMILES string of the molecule is CC(C)n1nccc1NC(=O)CCCOc1ccc(Cl)cc1. The first-order valence-electron chi connectivity index (χ1n) is 7.28. The number of nitrogens with one attached hydrogen (secondary N) is 1. The number of nitrogens with zero attached hydrogens (tertiary/aromatic N) is 2. The fourth-order valence-electron chi connectivity index (χ4n) is 1.98. The van der Waals surface area contributed by atoms with Crippen molar-refractivity contribution in [1.29, 1.82) is 0 Å². The standard InChI is InChI=1S/C16H20ClN3O2/c1-12(2)20-15(9-10-18-20)19-16(21)4-3-11-22-14-7-5-13(17)6-8-14/h5-10,12H,3-4,11H2,1-2H3,(H,19,21). The Morgan fingerprint density at radius 2 is 2.05 bits per heavy atom. The Hall–Kier alpha value is -2.01. The van der Waals surface area contributed by atoms with Crippen LogP contribution in [0, 0.1) is 0 Å². The molecule has 1 aromatic heterocycles. The Kier molecular flexibility index (Phi) is 5.83. The third-order valence-corrected chi connectivity index (χ3v) is 3.31. The van der Waals surface area contributed by atoms with Crippen LogP contribution in [0.2, 0.25) is 5.02 Å². The number of hydrogen-bond acceptors (Lipinski definition) is 3. The molecule has 0 saturated heterocycles. The van der Waals surface area contributed by atoms with Crippen molar-refractivity contribution in [3.05, 3.63) is 41.6 Å². The Labute approximate surface area is 135 Å². The highest BCUT2D eigenvalue weighted by Gasteiger charge is 2.09. The summed E-state index contributed by atoms with van der Waals surface area (Å²) in [6.07, 6.45) is 2.72. The van der Waals surface area contributed by atoms with E-state index in [1.807, 2.05) is 26.0 Å². The van der Waals surface area contributed by atoms with Crippen molar-refractivity contribution < 1.29 is 9.53 Å². The third-order valence-electron chi connectivity index (χ3n) is 3.06. The predicted octanol–water partition coefficient (Wildman–Crippen LogP) is 3.92. The monoisotopic (exact) mass is 321 g/mol. The Morgan fingerprint density at radius 3 is 2.73 bits per heavy atom. The molecular weight excluding hydrogens is 302 g/mol. The highest BCUT2D eigenvalue weighted by molar-refractivity contribution is 6.30. The second-order valence-electron chi connectivity index (χ2n) is 5.21. The van der Waals surface area contributed by atoms with Crippen molar-refractivity contribution in [3.63, 3.8) is 0 Å². The predicted molar refractivity (Wildman–Crippen MR) is 87.4 cm³/mol. The number of rotatable bonds is 7. The average Bonchev–Trinajstić information content (AvgIpc) is 2.94. The first-order chi connectivity index (χ1) is 10.6. The molecule has 0 unspecified atom stereocenters. The van der Waals surface area contributed by atoms with Crippen LogP contribution in [0.1, 0.15) is 32.7 Å². The normalized spacial score (nSPS) is 10.7. The van der Waals surface area contributed by atoms with E-state index in [1.165, 1.54) is 0 Å². The first kappa shape index (κ1) is 16.4. The molecule has 2 rings (SSSR count). The maximum atomic E-state index is 11.9. The summed E-state index contributed by atoms with van der Waals surface area (Å²) >= 11 is 5.80. The molecule has 22 heavy (non-hydrogen) atoms. The van der Waals surface area contributed by atoms with Gasteiger partial charge in [0.25, 0.3) is 0 Å². The van der Waals surface area contributed by atoms with Crippen molar-refractivity contribution in [2.24, 2.45) is 0 Å². The van der Waals surface area contributed by atoms with E-state index in [-0.39, 0.29) is 11.9 Å². The molecule has 0 fully saturated rings. The number of carbonyl (C=O) groups excluding carboxylic acids is 1. The van der Waals surface area contributed by atoms with Crippen LogP contribution >= 0.6 is 11.6 Å². The van der Waals surface area contributed by atoms with Crippen LogP contribution in [0.3, 0.4) is 0 Å². The molecule has 0 aliphatic rings. The molecule has 0 radical (unpaired) electrons. The van der Waals surface area contributed by atoms with Crippen LogP contribution < -0.4 is 10.1 Å². The molecule has 5 nitrogen and oxygen atoms in total. The maximum Gasteiger partial charge on any atom is 0.225 e. The summed E-state index contributed by atoms with van der Waals surface area (Å²) in [5.74, 6) is 1.43. The van der Waals surface area contributed by atoms with Crippen LogP contribution in [0.25, 0.3) is 0 Å². The minimum Gasteiger partial charge on any atom is -0.494 e. The lowest BCUT2D eigenvalue weighted by Gasteiger charge is -2.11. The van der Waals surface area contributed by atoms with E-state index in [4.69, 9.17) is 16.3 Å². The summed E-state index contributed by atoms with van der Waals surface area (Å²) in [4.78, 5) is 11.9. The van der Waals surface area contributed by atoms with Gasteiger partial charge in [-0.25, -0.2) is 4.68 Å². The molecule has 6 heteroatoms. The van der Waals surface area contributed by atoms with Crippen molar-refractivity contribution in [3.8, 4) is 5.75 Å². The fourth-order valence-corrected chi connectivity index (χ4v) is 2.11. The van der Waals surface area contributed by atoms with Gasteiger partial charge in [-0.3, -0.25) is 4.79 Å². The first-order valence-corrected chi connectivity index (χ1v) is 7.66. The Balaban J connectivity index is 1.71. The number of ether oxygens (including phenoxy) is 1. The summed E-state index contributed by atoms with van der Waals surface area (Å²) < 4.78 is 7.33. The minimum absolute atomic E-state index is 0.0397. The molecule has 118 valence electrons. The summed E-state index contributed by atoms with van der Waals surface area (Å²) in [5.41, 5.74) is 0. The molecule has 0 atom stereocenters. The number of benzene rings is 1. The van der Waals surface area contributed by atoms with E-state index in [9.17, 15) is 4.79 Å². The zero-order chi connectivity index (χ0) is 15.9. The molecule has 0 saturated carbocycles. The van der Waals surface area contributed by atoms with Crippen molar-refractivity contribution in [1.82, 2.24) is 9.78 Å². The number of anilines is 1. The van der Waals surface area contributed by atoms with Gasteiger partial charge in [0, 0.05) is 23.6 Å². The van der Waals surface area contributed by atoms with Gasteiger partial charge in [-0.2, -0.15) is 5.10 Å². The van der Waals surface area contributed by atoms with Gasteiger partial charge in [-0.05, 0) is 44.5 Å². The molecule has 1 N–H and O–H groups in total. The number of amides is 1. The fraction of sp³-hybridized carbons (Fsp3) is 0.375. The summed E-state index contributed by atoms with van der Waals surface area (Å²) in [6, 6.07) is 9.17. The van der Waals surface area contributed by atoms with E-state index in [0.717, 1.165) is 11.6 Å². The lowest BCUT2D eigenvalue weighted by Crippen LogP contribution is -2.17. The topological polar surface area (TPSA) is 56.2 Å². The van der Waals surface area contributed by atoms with Gasteiger partial charge < -0.3 is 10.1 Å². The molecule has 1 amide bonds. The highest BCUT2D eigenvalue weighted by atomic mass is 35.5. The van der Waals surface area contributed by atoms with Crippen LogP contribution in [-0.4, -0.2) is 22.3 Å². The average molecular weight is 322 g/mol. The van der Waals surface area contributed by atoms with Gasteiger partial charge in [0.05, 0.1) is 12.8 Å². The van der Waals surface area contributed by atoms with Crippen LogP contribution in [-0.2, 0) is 4.79 Å². The second-order valence-corrected chi connectivity index (χ2v) is 5.65. The molecule has 0 spiro atoms. The van der Waals surface area contributed by atoms with E-state index in [2.05, 4.69) is 10.4 Å². The molecule has 0 bridgehead atoms. The van der Waals surface area contributed by atoms with E-state index in [1.54, 1.807) is 29.1 Å². The van der Waals surface area contributed by atoms with Gasteiger partial charge in [0.2, 0.25) is 5.91 Å². The van der Waals surface area contributed by atoms with Crippen LogP contribution in [0.5, 0.6) is 5.75 Å². The van der Waals surface area contributed by atoms with Gasteiger partial charge in [-0.15, -0.1) is 0 Å². The Morgan fingerprint density at radius 1 is 1.32 bits per heavy atom. The summed E-state index contributed by atoms with van der Waals surface area (Å²) in [7, 11) is 0. The smallest absolute Gasteiger partial charge is 0.225 e. The highest BCUT2D eigenvalue weighted by Crippen LogP contribution is 2.16. The molecule has 0 aliphatic heterocycles. The van der Waals surface area contributed by atoms with E-state index in [0.29, 0.717) is 24.5 Å². The van der Waals surface area contributed by atoms with E-state index < -0.39 is 0 Å². The third kappa shape index (κ3) is 4.77. The number of halogens is 1. The van der Waals surface area contributed by atoms with E-state index >= 15 is 0 Å². The second kappa shape index (κ2) is 7.84. The number of hydrogen-bond donors (Lipinski definition) is 1. The molecule has 1 aromatic carbocycles. The van der Waals surface area contributed by atoms with Crippen LogP contribution in [0.4, 0.5) is 5.82 Å².